The van der Waals surface area contributed by atoms with Crippen LogP contribution < -0.4 is 5.32 Å². The molecular weight excluding hydrogens is 238 g/mol. The first-order chi connectivity index (χ1) is 9.31. The molecule has 2 atom stereocenters. The molecule has 1 aromatic carbocycles. The van der Waals surface area contributed by atoms with Crippen LogP contribution in [0.5, 0.6) is 0 Å². The molecule has 1 aromatic rings. The zero-order chi connectivity index (χ0) is 13.5. The smallest absolute Gasteiger partial charge is 0.227 e. The van der Waals surface area contributed by atoms with Crippen LogP contribution in [0.15, 0.2) is 30.3 Å². The van der Waals surface area contributed by atoms with E-state index < -0.39 is 0 Å². The van der Waals surface area contributed by atoms with E-state index in [2.05, 4.69) is 12.2 Å². The molecule has 19 heavy (non-hydrogen) atoms. The molecule has 2 rings (SSSR count). The van der Waals surface area contributed by atoms with Crippen LogP contribution in [-0.4, -0.2) is 25.2 Å². The van der Waals surface area contributed by atoms with Crippen molar-refractivity contribution in [3.63, 3.8) is 0 Å². The number of ether oxygens (including phenoxy) is 1. The molecule has 0 spiro atoms. The lowest BCUT2D eigenvalue weighted by Gasteiger charge is -2.18. The third-order valence-electron chi connectivity index (χ3n) is 3.62. The first kappa shape index (κ1) is 14.1. The van der Waals surface area contributed by atoms with E-state index in [1.54, 1.807) is 0 Å². The Kier molecular flexibility index (Phi) is 5.40. The van der Waals surface area contributed by atoms with Crippen LogP contribution >= 0.6 is 0 Å². The van der Waals surface area contributed by atoms with Gasteiger partial charge in [-0.15, -0.1) is 0 Å². The quantitative estimate of drug-likeness (QED) is 0.855. The summed E-state index contributed by atoms with van der Waals surface area (Å²) >= 11 is 0. The van der Waals surface area contributed by atoms with Crippen LogP contribution in [0, 0.1) is 0 Å². The van der Waals surface area contributed by atoms with Crippen molar-refractivity contribution in [1.29, 1.82) is 0 Å². The Morgan fingerprint density at radius 2 is 2.21 bits per heavy atom. The highest BCUT2D eigenvalue weighted by atomic mass is 16.5. The maximum Gasteiger partial charge on any atom is 0.227 e. The molecule has 104 valence electrons. The molecule has 1 N–H and O–H groups in total. The lowest BCUT2D eigenvalue weighted by molar-refractivity contribution is -0.123. The average molecular weight is 261 g/mol. The largest absolute Gasteiger partial charge is 0.376 e. The monoisotopic (exact) mass is 261 g/mol. The van der Waals surface area contributed by atoms with Crippen molar-refractivity contribution in [2.45, 2.75) is 44.6 Å². The van der Waals surface area contributed by atoms with Crippen molar-refractivity contribution >= 4 is 5.91 Å². The maximum absolute atomic E-state index is 12.3. The van der Waals surface area contributed by atoms with E-state index in [1.165, 1.54) is 0 Å². The van der Waals surface area contributed by atoms with Gasteiger partial charge >= 0.3 is 0 Å². The highest BCUT2D eigenvalue weighted by Crippen LogP contribution is 2.21. The third-order valence-corrected chi connectivity index (χ3v) is 3.62. The van der Waals surface area contributed by atoms with Gasteiger partial charge in [-0.2, -0.15) is 0 Å². The minimum Gasteiger partial charge on any atom is -0.376 e. The first-order valence-corrected chi connectivity index (χ1v) is 7.25. The Balaban J connectivity index is 1.92. The molecule has 3 heteroatoms. The molecule has 1 saturated heterocycles. The number of amides is 1. The van der Waals surface area contributed by atoms with Gasteiger partial charge in [-0.05, 0) is 24.8 Å². The van der Waals surface area contributed by atoms with Gasteiger partial charge in [0.2, 0.25) is 5.91 Å². The fourth-order valence-corrected chi connectivity index (χ4v) is 2.57. The predicted octanol–water partition coefficient (Wildman–Crippen LogP) is 2.87. The van der Waals surface area contributed by atoms with Gasteiger partial charge in [-0.1, -0.05) is 43.7 Å². The van der Waals surface area contributed by atoms with E-state index >= 15 is 0 Å². The predicted molar refractivity (Wildman–Crippen MR) is 76.1 cm³/mol. The van der Waals surface area contributed by atoms with Crippen LogP contribution in [0.4, 0.5) is 0 Å². The van der Waals surface area contributed by atoms with Crippen molar-refractivity contribution in [3.8, 4) is 0 Å². The van der Waals surface area contributed by atoms with Gasteiger partial charge in [0.1, 0.15) is 0 Å². The number of hydrogen-bond donors (Lipinski definition) is 1. The normalized spacial score (nSPS) is 20.2. The minimum atomic E-state index is -0.0346. The molecule has 1 heterocycles. The summed E-state index contributed by atoms with van der Waals surface area (Å²) in [5, 5.41) is 3.04. The maximum atomic E-state index is 12.3. The van der Waals surface area contributed by atoms with Gasteiger partial charge in [0.25, 0.3) is 0 Å². The molecular formula is C16H23NO2. The van der Waals surface area contributed by atoms with Crippen LogP contribution in [0.3, 0.4) is 0 Å². The van der Waals surface area contributed by atoms with Crippen LogP contribution in [-0.2, 0) is 9.53 Å². The summed E-state index contributed by atoms with van der Waals surface area (Å²) in [6.07, 6.45) is 4.28. The fraction of sp³-hybridized carbons (Fsp3) is 0.562. The molecule has 0 bridgehead atoms. The van der Waals surface area contributed by atoms with Crippen molar-refractivity contribution in [2.75, 3.05) is 13.2 Å². The van der Waals surface area contributed by atoms with Crippen LogP contribution in [0.25, 0.3) is 0 Å². The second-order valence-corrected chi connectivity index (χ2v) is 5.13. The van der Waals surface area contributed by atoms with Crippen molar-refractivity contribution in [1.82, 2.24) is 5.32 Å². The van der Waals surface area contributed by atoms with Gasteiger partial charge < -0.3 is 10.1 Å². The van der Waals surface area contributed by atoms with E-state index in [0.717, 1.165) is 37.9 Å². The molecule has 1 aliphatic heterocycles. The standard InChI is InChI=1S/C16H23NO2/c1-2-7-15(13-8-4-3-5-9-13)16(18)17-12-14-10-6-11-19-14/h3-5,8-9,14-15H,2,6-7,10-12H2,1H3,(H,17,18)/t14-,15-/m1/s1. The minimum absolute atomic E-state index is 0.0346. The Bertz CT molecular complexity index is 385. The second kappa shape index (κ2) is 7.29. The van der Waals surface area contributed by atoms with E-state index in [-0.39, 0.29) is 17.9 Å². The molecule has 0 radical (unpaired) electrons. The van der Waals surface area contributed by atoms with E-state index in [4.69, 9.17) is 4.74 Å². The lowest BCUT2D eigenvalue weighted by atomic mass is 9.93. The molecule has 1 fully saturated rings. The molecule has 0 aliphatic carbocycles. The highest BCUT2D eigenvalue weighted by molar-refractivity contribution is 5.83. The molecule has 0 unspecified atom stereocenters. The number of benzene rings is 1. The fourth-order valence-electron chi connectivity index (χ4n) is 2.57. The Morgan fingerprint density at radius 1 is 1.42 bits per heavy atom. The van der Waals surface area contributed by atoms with Crippen LogP contribution in [0.1, 0.15) is 44.1 Å². The SMILES string of the molecule is CCC[C@@H](C(=O)NC[C@H]1CCCO1)c1ccccc1. The molecule has 1 aliphatic rings. The van der Waals surface area contributed by atoms with Gasteiger partial charge in [0, 0.05) is 13.2 Å². The van der Waals surface area contributed by atoms with Crippen molar-refractivity contribution in [2.24, 2.45) is 0 Å². The summed E-state index contributed by atoms with van der Waals surface area (Å²) in [6.45, 7) is 3.59. The number of carbonyl (C=O) groups excluding carboxylic acids is 1. The number of nitrogens with one attached hydrogen (secondary N) is 1. The first-order valence-electron chi connectivity index (χ1n) is 7.25. The number of hydrogen-bond acceptors (Lipinski definition) is 2. The summed E-state index contributed by atoms with van der Waals surface area (Å²) < 4.78 is 5.53. The summed E-state index contributed by atoms with van der Waals surface area (Å²) in [7, 11) is 0. The van der Waals surface area contributed by atoms with E-state index in [0.29, 0.717) is 6.54 Å². The van der Waals surface area contributed by atoms with E-state index in [9.17, 15) is 4.79 Å². The second-order valence-electron chi connectivity index (χ2n) is 5.13. The average Bonchev–Trinajstić information content (AvgIpc) is 2.96. The van der Waals surface area contributed by atoms with Crippen LogP contribution in [0.2, 0.25) is 0 Å². The van der Waals surface area contributed by atoms with Gasteiger partial charge in [0.15, 0.2) is 0 Å². The molecule has 3 nitrogen and oxygen atoms in total. The zero-order valence-corrected chi connectivity index (χ0v) is 11.6. The molecule has 1 amide bonds. The number of rotatable bonds is 6. The van der Waals surface area contributed by atoms with E-state index in [1.807, 2.05) is 30.3 Å². The summed E-state index contributed by atoms with van der Waals surface area (Å²) in [5.41, 5.74) is 1.11. The van der Waals surface area contributed by atoms with Crippen molar-refractivity contribution < 1.29 is 9.53 Å². The lowest BCUT2D eigenvalue weighted by Crippen LogP contribution is -2.35. The zero-order valence-electron chi connectivity index (χ0n) is 11.6. The van der Waals surface area contributed by atoms with Gasteiger partial charge in [0.05, 0.1) is 12.0 Å². The molecule has 0 aromatic heterocycles. The topological polar surface area (TPSA) is 38.3 Å². The van der Waals surface area contributed by atoms with Crippen molar-refractivity contribution in [3.05, 3.63) is 35.9 Å². The Hall–Kier alpha value is -1.35. The van der Waals surface area contributed by atoms with Gasteiger partial charge in [-0.25, -0.2) is 0 Å². The summed E-state index contributed by atoms with van der Waals surface area (Å²) in [6, 6.07) is 10.0. The van der Waals surface area contributed by atoms with Gasteiger partial charge in [-0.3, -0.25) is 4.79 Å². The molecule has 0 saturated carbocycles. The summed E-state index contributed by atoms with van der Waals surface area (Å²) in [4.78, 5) is 12.3. The summed E-state index contributed by atoms with van der Waals surface area (Å²) in [5.74, 6) is 0.0937. The Morgan fingerprint density at radius 3 is 2.84 bits per heavy atom. The Labute approximate surface area is 115 Å². The third kappa shape index (κ3) is 4.06. The number of carbonyl (C=O) groups is 1. The highest BCUT2D eigenvalue weighted by Gasteiger charge is 2.21.